The highest BCUT2D eigenvalue weighted by molar-refractivity contribution is 7.89. The van der Waals surface area contributed by atoms with Crippen LogP contribution in [0.5, 0.6) is 5.75 Å². The van der Waals surface area contributed by atoms with Crippen LogP contribution in [0, 0.1) is 0 Å². The highest BCUT2D eigenvalue weighted by atomic mass is 32.2. The Morgan fingerprint density at radius 3 is 2.50 bits per heavy atom. The second-order valence-corrected chi connectivity index (χ2v) is 10.6. The highest BCUT2D eigenvalue weighted by Crippen LogP contribution is 2.22. The Morgan fingerprint density at radius 1 is 1.12 bits per heavy atom. The van der Waals surface area contributed by atoms with Crippen molar-refractivity contribution in [1.82, 2.24) is 9.21 Å². The Labute approximate surface area is 193 Å². The number of rotatable bonds is 10. The van der Waals surface area contributed by atoms with Crippen molar-refractivity contribution in [2.24, 2.45) is 0 Å². The van der Waals surface area contributed by atoms with E-state index in [4.69, 9.17) is 4.74 Å². The molecule has 1 saturated heterocycles. The normalized spacial score (nSPS) is 18.1. The minimum atomic E-state index is -3.61. The first-order valence-electron chi connectivity index (χ1n) is 11.5. The quantitative estimate of drug-likeness (QED) is 0.502. The third-order valence-electron chi connectivity index (χ3n) is 6.13. The van der Waals surface area contributed by atoms with E-state index >= 15 is 0 Å². The molecule has 1 aliphatic rings. The Hall–Kier alpha value is -2.15. The predicted octanol–water partition coefficient (Wildman–Crippen LogP) is 5.05. The maximum absolute atomic E-state index is 13.5. The number of piperidine rings is 1. The molecule has 5 nitrogen and oxygen atoms in total. The van der Waals surface area contributed by atoms with Crippen LogP contribution in [0.25, 0.3) is 6.08 Å². The van der Waals surface area contributed by atoms with Gasteiger partial charge in [-0.1, -0.05) is 48.4 Å². The van der Waals surface area contributed by atoms with Crippen molar-refractivity contribution in [2.45, 2.75) is 50.5 Å². The molecule has 6 heteroatoms. The Kier molecular flexibility index (Phi) is 8.91. The maximum atomic E-state index is 13.5. The third kappa shape index (κ3) is 6.67. The zero-order chi connectivity index (χ0) is 23.0. The fourth-order valence-electron chi connectivity index (χ4n) is 4.28. The van der Waals surface area contributed by atoms with Gasteiger partial charge in [0.2, 0.25) is 10.0 Å². The topological polar surface area (TPSA) is 49.9 Å². The van der Waals surface area contributed by atoms with E-state index in [1.54, 1.807) is 35.7 Å². The van der Waals surface area contributed by atoms with Gasteiger partial charge >= 0.3 is 0 Å². The number of ether oxygens (including phenoxy) is 1. The van der Waals surface area contributed by atoms with Gasteiger partial charge in [-0.25, -0.2) is 8.42 Å². The van der Waals surface area contributed by atoms with Gasteiger partial charge < -0.3 is 9.64 Å². The average molecular weight is 457 g/mol. The van der Waals surface area contributed by atoms with E-state index in [-0.39, 0.29) is 0 Å². The molecular formula is C26H36N2O3S. The molecule has 0 N–H and O–H groups in total. The van der Waals surface area contributed by atoms with Gasteiger partial charge in [0.05, 0.1) is 12.0 Å². The van der Waals surface area contributed by atoms with Crippen molar-refractivity contribution in [3.05, 3.63) is 65.7 Å². The Morgan fingerprint density at radius 2 is 1.84 bits per heavy atom. The van der Waals surface area contributed by atoms with Crippen LogP contribution >= 0.6 is 0 Å². The molecule has 3 rings (SSSR count). The van der Waals surface area contributed by atoms with Crippen LogP contribution in [-0.2, 0) is 10.0 Å². The summed E-state index contributed by atoms with van der Waals surface area (Å²) in [4.78, 5) is 2.80. The van der Waals surface area contributed by atoms with Crippen LogP contribution in [0.2, 0.25) is 0 Å². The molecule has 0 aromatic heterocycles. The summed E-state index contributed by atoms with van der Waals surface area (Å²) in [6, 6.07) is 17.3. The van der Waals surface area contributed by atoms with Crippen LogP contribution in [0.15, 0.2) is 65.1 Å². The molecule has 32 heavy (non-hydrogen) atoms. The average Bonchev–Trinajstić information content (AvgIpc) is 2.80. The molecule has 0 radical (unpaired) electrons. The van der Waals surface area contributed by atoms with Gasteiger partial charge in [-0.2, -0.15) is 4.31 Å². The zero-order valence-corrected chi connectivity index (χ0v) is 20.4. The molecule has 0 amide bonds. The summed E-state index contributed by atoms with van der Waals surface area (Å²) in [6.07, 6.45) is 6.63. The molecule has 0 aliphatic carbocycles. The van der Waals surface area contributed by atoms with Gasteiger partial charge in [-0.3, -0.25) is 0 Å². The number of methoxy groups -OCH3 is 1. The van der Waals surface area contributed by atoms with Gasteiger partial charge in [-0.05, 0) is 76.0 Å². The Bertz CT molecular complexity index is 972. The smallest absolute Gasteiger partial charge is 0.243 e. The van der Waals surface area contributed by atoms with Crippen LogP contribution in [-0.4, -0.2) is 57.0 Å². The van der Waals surface area contributed by atoms with E-state index < -0.39 is 10.0 Å². The minimum Gasteiger partial charge on any atom is -0.497 e. The van der Waals surface area contributed by atoms with Crippen molar-refractivity contribution in [3.63, 3.8) is 0 Å². The van der Waals surface area contributed by atoms with E-state index in [2.05, 4.69) is 17.9 Å². The lowest BCUT2D eigenvalue weighted by atomic mass is 10.0. The van der Waals surface area contributed by atoms with Crippen LogP contribution in [0.4, 0.5) is 0 Å². The predicted molar refractivity (Wildman–Crippen MR) is 131 cm³/mol. The molecule has 1 atom stereocenters. The molecule has 1 aliphatic heterocycles. The van der Waals surface area contributed by atoms with E-state index in [1.807, 2.05) is 37.3 Å². The molecule has 0 saturated carbocycles. The molecule has 2 aromatic rings. The molecule has 1 unspecified atom stereocenters. The number of hydrogen-bond donors (Lipinski definition) is 0. The van der Waals surface area contributed by atoms with Crippen molar-refractivity contribution in [1.29, 1.82) is 0 Å². The summed E-state index contributed by atoms with van der Waals surface area (Å²) in [5, 5.41) is 0. The van der Waals surface area contributed by atoms with E-state index in [0.29, 0.717) is 29.8 Å². The number of sulfonamides is 1. The molecule has 2 aromatic carbocycles. The lowest BCUT2D eigenvalue weighted by Gasteiger charge is -2.34. The second-order valence-electron chi connectivity index (χ2n) is 8.65. The highest BCUT2D eigenvalue weighted by Gasteiger charge is 2.25. The summed E-state index contributed by atoms with van der Waals surface area (Å²) < 4.78 is 33.8. The first-order valence-corrected chi connectivity index (χ1v) is 12.9. The van der Waals surface area contributed by atoms with Gasteiger partial charge in [0.1, 0.15) is 5.75 Å². The fourth-order valence-corrected chi connectivity index (χ4v) is 5.80. The summed E-state index contributed by atoms with van der Waals surface area (Å²) in [6.45, 7) is 7.18. The summed E-state index contributed by atoms with van der Waals surface area (Å²) >= 11 is 0. The molecule has 174 valence electrons. The van der Waals surface area contributed by atoms with Crippen LogP contribution < -0.4 is 4.74 Å². The first-order chi connectivity index (χ1) is 15.4. The molecular weight excluding hydrogens is 420 g/mol. The molecule has 1 fully saturated rings. The SMILES string of the molecule is COc1ccc(S(=O)(=O)N(CCCN2CCCCC2C)C/C(C)=C/c2ccccc2)cc1. The van der Waals surface area contributed by atoms with E-state index in [0.717, 1.165) is 30.6 Å². The van der Waals surface area contributed by atoms with Crippen molar-refractivity contribution < 1.29 is 13.2 Å². The largest absolute Gasteiger partial charge is 0.497 e. The van der Waals surface area contributed by atoms with E-state index in [9.17, 15) is 8.42 Å². The van der Waals surface area contributed by atoms with Gasteiger partial charge in [0.15, 0.2) is 0 Å². The lowest BCUT2D eigenvalue weighted by Crippen LogP contribution is -2.40. The second kappa shape index (κ2) is 11.6. The monoisotopic (exact) mass is 456 g/mol. The molecule has 1 heterocycles. The number of likely N-dealkylation sites (tertiary alicyclic amines) is 1. The lowest BCUT2D eigenvalue weighted by molar-refractivity contribution is 0.156. The zero-order valence-electron chi connectivity index (χ0n) is 19.5. The number of hydrogen-bond acceptors (Lipinski definition) is 4. The summed E-state index contributed by atoms with van der Waals surface area (Å²) in [5.74, 6) is 0.648. The fraction of sp³-hybridized carbons (Fsp3) is 0.462. The van der Waals surface area contributed by atoms with Crippen LogP contribution in [0.1, 0.15) is 45.1 Å². The third-order valence-corrected chi connectivity index (χ3v) is 7.99. The molecule has 0 bridgehead atoms. The van der Waals surface area contributed by atoms with E-state index in [1.165, 1.54) is 19.3 Å². The van der Waals surface area contributed by atoms with Crippen LogP contribution in [0.3, 0.4) is 0 Å². The van der Waals surface area contributed by atoms with Gasteiger partial charge in [0.25, 0.3) is 0 Å². The van der Waals surface area contributed by atoms with Crippen molar-refractivity contribution in [2.75, 3.05) is 33.3 Å². The number of nitrogens with zero attached hydrogens (tertiary/aromatic N) is 2. The summed E-state index contributed by atoms with van der Waals surface area (Å²) in [7, 11) is -2.03. The number of benzene rings is 2. The first kappa shape index (κ1) is 24.5. The van der Waals surface area contributed by atoms with Crippen molar-refractivity contribution in [3.8, 4) is 5.75 Å². The Balaban J connectivity index is 1.76. The standard InChI is InChI=1S/C26H36N2O3S/c1-22(20-24-11-5-4-6-12-24)21-28(19-9-18-27-17-8-7-10-23(27)2)32(29,30)26-15-13-25(31-3)14-16-26/h4-6,11-16,20,23H,7-10,17-19,21H2,1-3H3/b22-20+. The summed E-state index contributed by atoms with van der Waals surface area (Å²) in [5.41, 5.74) is 2.09. The maximum Gasteiger partial charge on any atom is 0.243 e. The minimum absolute atomic E-state index is 0.303. The van der Waals surface area contributed by atoms with Gasteiger partial charge in [-0.15, -0.1) is 0 Å². The molecule has 0 spiro atoms. The van der Waals surface area contributed by atoms with Crippen molar-refractivity contribution >= 4 is 16.1 Å². The van der Waals surface area contributed by atoms with Gasteiger partial charge in [0, 0.05) is 19.1 Å².